The van der Waals surface area contributed by atoms with E-state index >= 15 is 4.39 Å². The number of aromatic nitrogens is 7. The van der Waals surface area contributed by atoms with Crippen LogP contribution in [0.2, 0.25) is 0 Å². The van der Waals surface area contributed by atoms with E-state index in [0.29, 0.717) is 35.7 Å². The second-order valence-corrected chi connectivity index (χ2v) is 8.93. The van der Waals surface area contributed by atoms with Crippen LogP contribution >= 0.6 is 0 Å². The van der Waals surface area contributed by atoms with Crippen LogP contribution in [0.3, 0.4) is 0 Å². The molecule has 36 heavy (non-hydrogen) atoms. The second kappa shape index (κ2) is 9.40. The van der Waals surface area contributed by atoms with E-state index in [4.69, 9.17) is 9.47 Å². The first-order valence-electron chi connectivity index (χ1n) is 11.9. The van der Waals surface area contributed by atoms with Gasteiger partial charge in [0.1, 0.15) is 11.6 Å². The Bertz CT molecular complexity index is 1530. The smallest absolute Gasteiger partial charge is 0.157 e. The van der Waals surface area contributed by atoms with Crippen molar-refractivity contribution in [1.29, 1.82) is 0 Å². The number of aryl methyl sites for hydroxylation is 1. The normalized spacial score (nSPS) is 16.4. The van der Waals surface area contributed by atoms with Gasteiger partial charge in [-0.15, -0.1) is 0 Å². The van der Waals surface area contributed by atoms with E-state index in [1.807, 2.05) is 18.3 Å². The molecule has 0 amide bonds. The molecule has 0 aliphatic carbocycles. The van der Waals surface area contributed by atoms with Crippen molar-refractivity contribution in [3.05, 3.63) is 65.9 Å². The number of rotatable bonds is 7. The zero-order valence-electron chi connectivity index (χ0n) is 19.8. The van der Waals surface area contributed by atoms with Crippen molar-refractivity contribution < 1.29 is 18.3 Å². The Morgan fingerprint density at radius 3 is 2.92 bits per heavy atom. The highest BCUT2D eigenvalue weighted by Crippen LogP contribution is 2.26. The summed E-state index contributed by atoms with van der Waals surface area (Å²) in [5.41, 5.74) is 3.01. The Morgan fingerprint density at radius 1 is 1.14 bits per heavy atom. The van der Waals surface area contributed by atoms with E-state index < -0.39 is 11.6 Å². The molecule has 1 atom stereocenters. The average Bonchev–Trinajstić information content (AvgIpc) is 3.62. The van der Waals surface area contributed by atoms with Gasteiger partial charge in [0.15, 0.2) is 11.9 Å². The van der Waals surface area contributed by atoms with E-state index in [1.165, 1.54) is 16.9 Å². The predicted octanol–water partition coefficient (Wildman–Crippen LogP) is 3.89. The van der Waals surface area contributed by atoms with Gasteiger partial charge in [0.2, 0.25) is 0 Å². The summed E-state index contributed by atoms with van der Waals surface area (Å²) in [6.45, 7) is 1.84. The van der Waals surface area contributed by atoms with Gasteiger partial charge >= 0.3 is 0 Å². The topological polar surface area (TPSA) is 84.3 Å². The lowest BCUT2D eigenvalue weighted by atomic mass is 10.1. The second-order valence-electron chi connectivity index (χ2n) is 8.93. The van der Waals surface area contributed by atoms with Crippen molar-refractivity contribution >= 4 is 16.6 Å². The maximum absolute atomic E-state index is 15.1. The molecule has 5 aromatic rings. The van der Waals surface area contributed by atoms with E-state index in [1.54, 1.807) is 28.6 Å². The van der Waals surface area contributed by atoms with Gasteiger partial charge in [-0.3, -0.25) is 9.36 Å². The average molecular weight is 494 g/mol. The van der Waals surface area contributed by atoms with Crippen molar-refractivity contribution in [1.82, 2.24) is 34.2 Å². The van der Waals surface area contributed by atoms with E-state index in [0.717, 1.165) is 31.4 Å². The Morgan fingerprint density at radius 2 is 2.06 bits per heavy atom. The molecule has 0 saturated carbocycles. The largest absolute Gasteiger partial charge is 0.353 e. The first-order valence-corrected chi connectivity index (χ1v) is 11.9. The number of hydrogen-bond donors (Lipinski definition) is 0. The fourth-order valence-electron chi connectivity index (χ4n) is 4.54. The minimum atomic E-state index is -0.628. The molecule has 186 valence electrons. The van der Waals surface area contributed by atoms with Crippen molar-refractivity contribution in [3.8, 4) is 11.3 Å². The predicted molar refractivity (Wildman–Crippen MR) is 127 cm³/mol. The molecule has 0 spiro atoms. The highest BCUT2D eigenvalue weighted by molar-refractivity contribution is 5.80. The summed E-state index contributed by atoms with van der Waals surface area (Å²) in [7, 11) is 1.65. The summed E-state index contributed by atoms with van der Waals surface area (Å²) >= 11 is 0. The summed E-state index contributed by atoms with van der Waals surface area (Å²) < 4.78 is 46.2. The summed E-state index contributed by atoms with van der Waals surface area (Å²) in [6.07, 6.45) is 9.62. The number of fused-ring (bicyclic) bond motifs is 2. The Hall–Kier alpha value is -3.70. The fraction of sp³-hybridized carbons (Fsp3) is 0.360. The molecule has 6 rings (SSSR count). The van der Waals surface area contributed by atoms with Crippen LogP contribution in [0.25, 0.3) is 27.8 Å². The lowest BCUT2D eigenvalue weighted by Gasteiger charge is -2.22. The molecule has 5 heterocycles. The summed E-state index contributed by atoms with van der Waals surface area (Å²) in [6, 6.07) is 4.98. The molecule has 1 unspecified atom stereocenters. The maximum Gasteiger partial charge on any atom is 0.157 e. The molecule has 1 aromatic carbocycles. The first kappa shape index (κ1) is 22.7. The number of hydrogen-bond acceptors (Lipinski definition) is 6. The minimum absolute atomic E-state index is 0.0000403. The highest BCUT2D eigenvalue weighted by Gasteiger charge is 2.19. The van der Waals surface area contributed by atoms with Gasteiger partial charge in [-0.05, 0) is 31.4 Å². The number of imidazole rings is 1. The van der Waals surface area contributed by atoms with Crippen molar-refractivity contribution in [3.63, 3.8) is 0 Å². The number of ether oxygens (including phenoxy) is 2. The first-order chi connectivity index (χ1) is 17.6. The lowest BCUT2D eigenvalue weighted by molar-refractivity contribution is -0.163. The quantitative estimate of drug-likeness (QED) is 0.342. The number of halogens is 2. The van der Waals surface area contributed by atoms with Crippen LogP contribution in [0, 0.1) is 11.6 Å². The number of benzene rings is 1. The molecule has 1 fully saturated rings. The van der Waals surface area contributed by atoms with Gasteiger partial charge in [-0.25, -0.2) is 18.3 Å². The maximum atomic E-state index is 15.1. The Labute approximate surface area is 205 Å². The van der Waals surface area contributed by atoms with Crippen LogP contribution < -0.4 is 0 Å². The zero-order chi connectivity index (χ0) is 24.6. The molecular weight excluding hydrogens is 468 g/mol. The van der Waals surface area contributed by atoms with E-state index in [-0.39, 0.29) is 23.7 Å². The minimum Gasteiger partial charge on any atom is -0.353 e. The summed E-state index contributed by atoms with van der Waals surface area (Å²) in [4.78, 5) is 4.36. The molecule has 1 saturated heterocycles. The van der Waals surface area contributed by atoms with Gasteiger partial charge in [-0.2, -0.15) is 15.3 Å². The molecule has 9 nitrogen and oxygen atoms in total. The van der Waals surface area contributed by atoms with Gasteiger partial charge in [0.05, 0.1) is 54.0 Å². The zero-order valence-corrected chi connectivity index (χ0v) is 19.8. The molecule has 1 aliphatic rings. The van der Waals surface area contributed by atoms with E-state index in [9.17, 15) is 4.39 Å². The van der Waals surface area contributed by atoms with E-state index in [2.05, 4.69) is 20.3 Å². The third-order valence-corrected chi connectivity index (χ3v) is 6.52. The molecule has 4 aromatic heterocycles. The summed E-state index contributed by atoms with van der Waals surface area (Å²) in [5.74, 6) is -1.25. The van der Waals surface area contributed by atoms with Crippen molar-refractivity contribution in [2.45, 2.75) is 38.5 Å². The van der Waals surface area contributed by atoms with Gasteiger partial charge < -0.3 is 9.47 Å². The lowest BCUT2D eigenvalue weighted by Crippen LogP contribution is -2.24. The Kier molecular flexibility index (Phi) is 5.94. The van der Waals surface area contributed by atoms with Crippen LogP contribution in [-0.4, -0.2) is 53.7 Å². The standard InChI is InChI=1S/C25H25F2N7O2/c1-32-22-11-20(26)18(25(27)19(22)14-29-32)10-17-13-28-23-6-5-21(31-34(17)23)16-12-30-33(15-16)7-9-36-24-4-2-3-8-35-24/h5-6,11-15,24H,2-4,7-10H2,1H3. The molecule has 1 aliphatic heterocycles. The third kappa shape index (κ3) is 4.24. The molecule has 11 heteroatoms. The van der Waals surface area contributed by atoms with Crippen LogP contribution in [0.5, 0.6) is 0 Å². The molecule has 0 N–H and O–H groups in total. The summed E-state index contributed by atoms with van der Waals surface area (Å²) in [5, 5.41) is 13.4. The van der Waals surface area contributed by atoms with Gasteiger partial charge in [-0.1, -0.05) is 0 Å². The monoisotopic (exact) mass is 493 g/mol. The van der Waals surface area contributed by atoms with Crippen LogP contribution in [0.1, 0.15) is 30.5 Å². The Balaban J connectivity index is 1.22. The SMILES string of the molecule is Cn1ncc2c(F)c(Cc3cnc4ccc(-c5cnn(CCOC6CCCCO6)c5)nn34)c(F)cc21. The van der Waals surface area contributed by atoms with Crippen LogP contribution in [-0.2, 0) is 29.5 Å². The third-order valence-electron chi connectivity index (χ3n) is 6.52. The fourth-order valence-corrected chi connectivity index (χ4v) is 4.54. The van der Waals surface area contributed by atoms with Crippen molar-refractivity contribution in [2.75, 3.05) is 13.2 Å². The number of nitrogens with zero attached hydrogens (tertiary/aromatic N) is 7. The van der Waals surface area contributed by atoms with Gasteiger partial charge in [0.25, 0.3) is 0 Å². The van der Waals surface area contributed by atoms with Crippen LogP contribution in [0.15, 0.2) is 43.0 Å². The van der Waals surface area contributed by atoms with Gasteiger partial charge in [0, 0.05) is 43.5 Å². The van der Waals surface area contributed by atoms with Crippen molar-refractivity contribution in [2.24, 2.45) is 7.05 Å². The van der Waals surface area contributed by atoms with Crippen LogP contribution in [0.4, 0.5) is 8.78 Å². The highest BCUT2D eigenvalue weighted by atomic mass is 19.1. The molecule has 0 bridgehead atoms. The molecular formula is C25H25F2N7O2. The molecule has 0 radical (unpaired) electrons.